The molecule has 2 aromatic heterocycles. The Bertz CT molecular complexity index is 620. The Morgan fingerprint density at radius 1 is 1.56 bits per heavy atom. The van der Waals surface area contributed by atoms with Crippen molar-refractivity contribution in [3.63, 3.8) is 0 Å². The quantitative estimate of drug-likeness (QED) is 0.746. The smallest absolute Gasteiger partial charge is 0.245 e. The van der Waals surface area contributed by atoms with Crippen LogP contribution in [0.4, 0.5) is 0 Å². The second-order valence-electron chi connectivity index (χ2n) is 3.44. The van der Waals surface area contributed by atoms with Gasteiger partial charge in [0.15, 0.2) is 4.67 Å². The van der Waals surface area contributed by atoms with Gasteiger partial charge in [-0.1, -0.05) is 0 Å². The lowest BCUT2D eigenvalue weighted by atomic mass is 10.4. The zero-order valence-electron chi connectivity index (χ0n) is 9.05. The van der Waals surface area contributed by atoms with E-state index in [1.54, 1.807) is 6.20 Å². The molecule has 2 heterocycles. The van der Waals surface area contributed by atoms with Gasteiger partial charge in [-0.15, -0.1) is 0 Å². The molecule has 98 valence electrons. The molecule has 0 saturated carbocycles. The minimum Gasteiger partial charge on any atom is -0.450 e. The number of hydrogen-bond acceptors (Lipinski definition) is 5. The molecule has 0 bridgehead atoms. The summed E-state index contributed by atoms with van der Waals surface area (Å²) >= 11 is 3.00. The van der Waals surface area contributed by atoms with E-state index in [4.69, 9.17) is 9.52 Å². The highest BCUT2D eigenvalue weighted by Gasteiger charge is 2.22. The average Bonchev–Trinajstić information content (AvgIpc) is 2.95. The minimum absolute atomic E-state index is 0.0463. The van der Waals surface area contributed by atoms with Crippen molar-refractivity contribution in [1.82, 2.24) is 14.9 Å². The molecule has 0 unspecified atom stereocenters. The Morgan fingerprint density at radius 3 is 2.89 bits per heavy atom. The van der Waals surface area contributed by atoms with Gasteiger partial charge in [-0.05, 0) is 15.9 Å². The van der Waals surface area contributed by atoms with Crippen LogP contribution in [0.3, 0.4) is 0 Å². The number of H-pyrrole nitrogens is 1. The van der Waals surface area contributed by atoms with Crippen molar-refractivity contribution in [2.24, 2.45) is 0 Å². The summed E-state index contributed by atoms with van der Waals surface area (Å²) in [5.41, 5.74) is 0.709. The van der Waals surface area contributed by atoms with Crippen LogP contribution in [0.1, 0.15) is 11.3 Å². The van der Waals surface area contributed by atoms with Gasteiger partial charge in [0.05, 0.1) is 6.20 Å². The van der Waals surface area contributed by atoms with E-state index < -0.39 is 10.0 Å². The van der Waals surface area contributed by atoms with Crippen LogP contribution in [0.2, 0.25) is 0 Å². The van der Waals surface area contributed by atoms with Crippen LogP contribution < -0.4 is 4.72 Å². The summed E-state index contributed by atoms with van der Waals surface area (Å²) in [6.45, 7) is -0.249. The fourth-order valence-corrected chi connectivity index (χ4v) is 3.30. The van der Waals surface area contributed by atoms with Crippen molar-refractivity contribution < 1.29 is 17.9 Å². The molecular formula is C9H10BrN3O4S. The summed E-state index contributed by atoms with van der Waals surface area (Å²) in [6, 6.07) is 1.27. The fraction of sp³-hybridized carbons (Fsp3) is 0.222. The molecule has 0 spiro atoms. The van der Waals surface area contributed by atoms with Crippen LogP contribution >= 0.6 is 15.9 Å². The zero-order chi connectivity index (χ0) is 13.2. The molecule has 0 aliphatic heterocycles. The molecule has 3 N–H and O–H groups in total. The average molecular weight is 336 g/mol. The maximum Gasteiger partial charge on any atom is 0.245 e. The lowest BCUT2D eigenvalue weighted by Gasteiger charge is -2.02. The molecule has 0 amide bonds. The molecule has 7 nitrogen and oxygen atoms in total. The van der Waals surface area contributed by atoms with E-state index in [0.29, 0.717) is 5.56 Å². The van der Waals surface area contributed by atoms with E-state index in [1.165, 1.54) is 12.3 Å². The number of rotatable bonds is 5. The summed E-state index contributed by atoms with van der Waals surface area (Å²) < 4.78 is 31.4. The van der Waals surface area contributed by atoms with Crippen LogP contribution in [0.5, 0.6) is 0 Å². The van der Waals surface area contributed by atoms with Gasteiger partial charge in [0, 0.05) is 24.4 Å². The molecule has 0 aliphatic rings. The van der Waals surface area contributed by atoms with Gasteiger partial charge in [-0.2, -0.15) is 5.10 Å². The van der Waals surface area contributed by atoms with Crippen LogP contribution in [0, 0.1) is 0 Å². The summed E-state index contributed by atoms with van der Waals surface area (Å²) in [5, 5.41) is 15.2. The number of aliphatic hydroxyl groups excluding tert-OH is 1. The van der Waals surface area contributed by atoms with Crippen molar-refractivity contribution in [2.45, 2.75) is 18.0 Å². The third-order valence-corrected chi connectivity index (χ3v) is 4.43. The first-order chi connectivity index (χ1) is 8.53. The lowest BCUT2D eigenvalue weighted by molar-refractivity contribution is 0.245. The molecule has 2 rings (SSSR count). The fourth-order valence-electron chi connectivity index (χ4n) is 1.29. The number of aromatic amines is 1. The standard InChI is InChI=1S/C9H10BrN3O4S/c10-9-8(1-7(5-14)17-9)18(15,16)13-4-6-2-11-12-3-6/h1-3,13-14H,4-5H2,(H,11,12). The minimum atomic E-state index is -3.70. The van der Waals surface area contributed by atoms with E-state index >= 15 is 0 Å². The lowest BCUT2D eigenvalue weighted by Crippen LogP contribution is -2.22. The van der Waals surface area contributed by atoms with E-state index in [-0.39, 0.29) is 28.5 Å². The van der Waals surface area contributed by atoms with Gasteiger partial charge in [0.1, 0.15) is 17.3 Å². The number of aromatic nitrogens is 2. The number of furan rings is 1. The third-order valence-electron chi connectivity index (χ3n) is 2.17. The van der Waals surface area contributed by atoms with Gasteiger partial charge >= 0.3 is 0 Å². The number of aliphatic hydroxyl groups is 1. The second kappa shape index (κ2) is 5.22. The predicted octanol–water partition coefficient (Wildman–Crippen LogP) is 0.736. The number of hydrogen-bond donors (Lipinski definition) is 3. The summed E-state index contributed by atoms with van der Waals surface area (Å²) in [7, 11) is -3.70. The molecule has 0 radical (unpaired) electrons. The molecule has 0 saturated heterocycles. The van der Waals surface area contributed by atoms with Crippen LogP contribution in [-0.4, -0.2) is 23.7 Å². The summed E-state index contributed by atoms with van der Waals surface area (Å²) in [4.78, 5) is -0.0463. The van der Waals surface area contributed by atoms with Gasteiger partial charge in [0.25, 0.3) is 0 Å². The molecular weight excluding hydrogens is 326 g/mol. The number of sulfonamides is 1. The zero-order valence-corrected chi connectivity index (χ0v) is 11.5. The van der Waals surface area contributed by atoms with Crippen LogP contribution in [0.25, 0.3) is 0 Å². The second-order valence-corrected chi connectivity index (χ2v) is 5.90. The van der Waals surface area contributed by atoms with Gasteiger partial charge in [-0.25, -0.2) is 13.1 Å². The first-order valence-corrected chi connectivity index (χ1v) is 7.17. The van der Waals surface area contributed by atoms with Crippen molar-refractivity contribution in [3.8, 4) is 0 Å². The van der Waals surface area contributed by atoms with Crippen LogP contribution in [0.15, 0.2) is 32.4 Å². The maximum absolute atomic E-state index is 12.0. The van der Waals surface area contributed by atoms with E-state index in [9.17, 15) is 8.42 Å². The predicted molar refractivity (Wildman–Crippen MR) is 64.9 cm³/mol. The van der Waals surface area contributed by atoms with E-state index in [2.05, 4.69) is 30.8 Å². The van der Waals surface area contributed by atoms with E-state index in [1.807, 2.05) is 0 Å². The Balaban J connectivity index is 2.17. The van der Waals surface area contributed by atoms with E-state index in [0.717, 1.165) is 0 Å². The van der Waals surface area contributed by atoms with Crippen molar-refractivity contribution in [3.05, 3.63) is 34.5 Å². The highest BCUT2D eigenvalue weighted by atomic mass is 79.9. The monoisotopic (exact) mass is 335 g/mol. The van der Waals surface area contributed by atoms with Crippen LogP contribution in [-0.2, 0) is 23.2 Å². The van der Waals surface area contributed by atoms with Gasteiger partial charge in [0.2, 0.25) is 10.0 Å². The van der Waals surface area contributed by atoms with Crippen molar-refractivity contribution in [2.75, 3.05) is 0 Å². The first-order valence-electron chi connectivity index (χ1n) is 4.89. The Labute approximate surface area is 111 Å². The molecule has 0 atom stereocenters. The Morgan fingerprint density at radius 2 is 2.33 bits per heavy atom. The van der Waals surface area contributed by atoms with Crippen molar-refractivity contribution >= 4 is 26.0 Å². The molecule has 0 aromatic carbocycles. The largest absolute Gasteiger partial charge is 0.450 e. The highest BCUT2D eigenvalue weighted by Crippen LogP contribution is 2.26. The van der Waals surface area contributed by atoms with Gasteiger partial charge in [-0.3, -0.25) is 5.10 Å². The topological polar surface area (TPSA) is 108 Å². The first kappa shape index (κ1) is 13.3. The molecule has 18 heavy (non-hydrogen) atoms. The van der Waals surface area contributed by atoms with Crippen molar-refractivity contribution in [1.29, 1.82) is 0 Å². The Kier molecular flexibility index (Phi) is 3.85. The molecule has 2 aromatic rings. The number of halogens is 1. The summed E-state index contributed by atoms with van der Waals surface area (Å²) in [5.74, 6) is 0.172. The normalized spacial score (nSPS) is 11.9. The molecule has 9 heteroatoms. The SMILES string of the molecule is O=S(=O)(NCc1cn[nH]c1)c1cc(CO)oc1Br. The number of nitrogens with zero attached hydrogens (tertiary/aromatic N) is 1. The third kappa shape index (κ3) is 2.80. The van der Waals surface area contributed by atoms with Gasteiger partial charge < -0.3 is 9.52 Å². The molecule has 0 fully saturated rings. The Hall–Kier alpha value is -1.16. The number of nitrogens with one attached hydrogen (secondary N) is 2. The highest BCUT2D eigenvalue weighted by molar-refractivity contribution is 9.10. The maximum atomic E-state index is 12.0. The molecule has 0 aliphatic carbocycles. The summed E-state index contributed by atoms with van der Waals surface area (Å²) in [6.07, 6.45) is 3.11.